The molecular weight excluding hydrogens is 432 g/mol. The van der Waals surface area contributed by atoms with Crippen LogP contribution < -0.4 is 10.1 Å². The number of hydrogen-bond acceptors (Lipinski definition) is 3. The molecule has 2 rings (SSSR count). The molecule has 2 aromatic carbocycles. The molecule has 0 fully saturated rings. The topological polar surface area (TPSA) is 58.6 Å². The summed E-state index contributed by atoms with van der Waals surface area (Å²) < 4.78 is 6.70. The molecule has 29 heavy (non-hydrogen) atoms. The smallest absolute Gasteiger partial charge is 0.261 e. The summed E-state index contributed by atoms with van der Waals surface area (Å²) in [7, 11) is 0. The van der Waals surface area contributed by atoms with E-state index >= 15 is 0 Å². The van der Waals surface area contributed by atoms with Crippen molar-refractivity contribution in [3.63, 3.8) is 0 Å². The maximum absolute atomic E-state index is 13.0. The van der Waals surface area contributed by atoms with Crippen molar-refractivity contribution in [1.82, 2.24) is 10.2 Å². The van der Waals surface area contributed by atoms with E-state index < -0.39 is 6.04 Å². The first-order chi connectivity index (χ1) is 13.7. The molecule has 0 spiro atoms. The van der Waals surface area contributed by atoms with E-state index in [1.165, 1.54) is 0 Å². The van der Waals surface area contributed by atoms with Gasteiger partial charge in [-0.15, -0.1) is 0 Å². The number of halogens is 1. The highest BCUT2D eigenvalue weighted by atomic mass is 79.9. The monoisotopic (exact) mass is 460 g/mol. The van der Waals surface area contributed by atoms with Crippen molar-refractivity contribution >= 4 is 27.7 Å². The standard InChI is InChI=1S/C23H29BrN2O3/c1-15(2)25-23(28)18(5)26(13-19-8-6-7-16(3)11-19)22(27)14-29-20-9-10-21(24)17(4)12-20/h6-12,15,18H,13-14H2,1-5H3,(H,25,28). The molecule has 0 aliphatic heterocycles. The molecule has 0 heterocycles. The Morgan fingerprint density at radius 3 is 2.45 bits per heavy atom. The third kappa shape index (κ3) is 6.89. The second kappa shape index (κ2) is 10.4. The lowest BCUT2D eigenvalue weighted by Crippen LogP contribution is -2.50. The van der Waals surface area contributed by atoms with Gasteiger partial charge in [-0.25, -0.2) is 0 Å². The summed E-state index contributed by atoms with van der Waals surface area (Å²) >= 11 is 3.45. The van der Waals surface area contributed by atoms with Crippen molar-refractivity contribution in [2.24, 2.45) is 0 Å². The van der Waals surface area contributed by atoms with Gasteiger partial charge in [0, 0.05) is 17.1 Å². The first-order valence-electron chi connectivity index (χ1n) is 9.71. The van der Waals surface area contributed by atoms with Gasteiger partial charge in [-0.2, -0.15) is 0 Å². The average Bonchev–Trinajstić information content (AvgIpc) is 2.65. The number of hydrogen-bond donors (Lipinski definition) is 1. The minimum Gasteiger partial charge on any atom is -0.484 e. The van der Waals surface area contributed by atoms with Crippen LogP contribution in [0.1, 0.15) is 37.5 Å². The molecule has 1 N–H and O–H groups in total. The van der Waals surface area contributed by atoms with Crippen molar-refractivity contribution in [2.75, 3.05) is 6.61 Å². The molecule has 0 radical (unpaired) electrons. The summed E-state index contributed by atoms with van der Waals surface area (Å²) in [6.45, 7) is 9.72. The highest BCUT2D eigenvalue weighted by molar-refractivity contribution is 9.10. The van der Waals surface area contributed by atoms with Crippen molar-refractivity contribution in [3.05, 3.63) is 63.6 Å². The fourth-order valence-electron chi connectivity index (χ4n) is 2.93. The normalized spacial score (nSPS) is 11.8. The first kappa shape index (κ1) is 22.9. The fraction of sp³-hybridized carbons (Fsp3) is 0.391. The Balaban J connectivity index is 2.16. The number of aryl methyl sites for hydroxylation is 2. The Labute approximate surface area is 181 Å². The molecule has 0 saturated heterocycles. The molecule has 2 aromatic rings. The third-order valence-corrected chi connectivity index (χ3v) is 5.42. The van der Waals surface area contributed by atoms with Gasteiger partial charge in [0.25, 0.3) is 5.91 Å². The van der Waals surface area contributed by atoms with Crippen LogP contribution >= 0.6 is 15.9 Å². The van der Waals surface area contributed by atoms with E-state index in [0.29, 0.717) is 12.3 Å². The zero-order chi connectivity index (χ0) is 21.6. The van der Waals surface area contributed by atoms with E-state index in [0.717, 1.165) is 21.2 Å². The minimum absolute atomic E-state index is 0.00265. The van der Waals surface area contributed by atoms with Crippen LogP contribution in [0.4, 0.5) is 0 Å². The van der Waals surface area contributed by atoms with Crippen LogP contribution in [0.25, 0.3) is 0 Å². The van der Waals surface area contributed by atoms with Gasteiger partial charge in [-0.3, -0.25) is 9.59 Å². The number of nitrogens with one attached hydrogen (secondary N) is 1. The molecular formula is C23H29BrN2O3. The number of amides is 2. The van der Waals surface area contributed by atoms with Crippen LogP contribution in [0.2, 0.25) is 0 Å². The lowest BCUT2D eigenvalue weighted by Gasteiger charge is -2.29. The van der Waals surface area contributed by atoms with Crippen LogP contribution in [-0.4, -0.2) is 35.4 Å². The predicted molar refractivity (Wildman–Crippen MR) is 119 cm³/mol. The molecule has 0 saturated carbocycles. The zero-order valence-corrected chi connectivity index (χ0v) is 19.2. The van der Waals surface area contributed by atoms with E-state index in [1.807, 2.05) is 70.2 Å². The number of nitrogens with zero attached hydrogens (tertiary/aromatic N) is 1. The second-order valence-electron chi connectivity index (χ2n) is 7.55. The van der Waals surface area contributed by atoms with Crippen LogP contribution in [-0.2, 0) is 16.1 Å². The Morgan fingerprint density at radius 2 is 1.83 bits per heavy atom. The zero-order valence-electron chi connectivity index (χ0n) is 17.7. The molecule has 0 bridgehead atoms. The van der Waals surface area contributed by atoms with Gasteiger partial charge in [0.05, 0.1) is 0 Å². The number of benzene rings is 2. The maximum Gasteiger partial charge on any atom is 0.261 e. The first-order valence-corrected chi connectivity index (χ1v) is 10.5. The molecule has 5 nitrogen and oxygen atoms in total. The Hall–Kier alpha value is -2.34. The number of ether oxygens (including phenoxy) is 1. The molecule has 0 aromatic heterocycles. The third-order valence-electron chi connectivity index (χ3n) is 4.53. The van der Waals surface area contributed by atoms with Gasteiger partial charge in [0.2, 0.25) is 5.91 Å². The Kier molecular flexibility index (Phi) is 8.26. The lowest BCUT2D eigenvalue weighted by atomic mass is 10.1. The predicted octanol–water partition coefficient (Wildman–Crippen LogP) is 4.39. The van der Waals surface area contributed by atoms with E-state index in [1.54, 1.807) is 11.8 Å². The van der Waals surface area contributed by atoms with Crippen LogP contribution in [0.3, 0.4) is 0 Å². The summed E-state index contributed by atoms with van der Waals surface area (Å²) in [6, 6.07) is 12.9. The molecule has 156 valence electrons. The fourth-order valence-corrected chi connectivity index (χ4v) is 3.18. The number of carbonyl (C=O) groups excluding carboxylic acids is 2. The molecule has 0 aliphatic rings. The van der Waals surface area contributed by atoms with Crippen molar-refractivity contribution < 1.29 is 14.3 Å². The van der Waals surface area contributed by atoms with E-state index in [2.05, 4.69) is 21.2 Å². The van der Waals surface area contributed by atoms with Gasteiger partial charge in [-0.05, 0) is 63.9 Å². The summed E-state index contributed by atoms with van der Waals surface area (Å²) in [5.41, 5.74) is 3.11. The largest absolute Gasteiger partial charge is 0.484 e. The van der Waals surface area contributed by atoms with Gasteiger partial charge >= 0.3 is 0 Å². The molecule has 2 amide bonds. The number of rotatable bonds is 8. The van der Waals surface area contributed by atoms with Crippen molar-refractivity contribution in [1.29, 1.82) is 0 Å². The minimum atomic E-state index is -0.610. The average molecular weight is 461 g/mol. The molecule has 0 aliphatic carbocycles. The summed E-state index contributed by atoms with van der Waals surface area (Å²) in [5, 5.41) is 2.88. The Morgan fingerprint density at radius 1 is 1.10 bits per heavy atom. The molecule has 1 unspecified atom stereocenters. The summed E-state index contributed by atoms with van der Waals surface area (Å²) in [5.74, 6) is 0.202. The molecule has 6 heteroatoms. The Bertz CT molecular complexity index is 867. The van der Waals surface area contributed by atoms with E-state index in [-0.39, 0.29) is 24.5 Å². The van der Waals surface area contributed by atoms with E-state index in [4.69, 9.17) is 4.74 Å². The van der Waals surface area contributed by atoms with Gasteiger partial charge in [0.15, 0.2) is 6.61 Å². The van der Waals surface area contributed by atoms with Crippen LogP contribution in [0, 0.1) is 13.8 Å². The highest BCUT2D eigenvalue weighted by Crippen LogP contribution is 2.22. The van der Waals surface area contributed by atoms with Crippen molar-refractivity contribution in [2.45, 2.75) is 53.2 Å². The van der Waals surface area contributed by atoms with E-state index in [9.17, 15) is 9.59 Å². The summed E-state index contributed by atoms with van der Waals surface area (Å²) in [6.07, 6.45) is 0. The summed E-state index contributed by atoms with van der Waals surface area (Å²) in [4.78, 5) is 27.1. The van der Waals surface area contributed by atoms with Gasteiger partial charge < -0.3 is 15.0 Å². The maximum atomic E-state index is 13.0. The van der Waals surface area contributed by atoms with Crippen LogP contribution in [0.15, 0.2) is 46.9 Å². The SMILES string of the molecule is Cc1cccc(CN(C(=O)COc2ccc(Br)c(C)c2)C(C)C(=O)NC(C)C)c1. The highest BCUT2D eigenvalue weighted by Gasteiger charge is 2.27. The number of carbonyl (C=O) groups is 2. The van der Waals surface area contributed by atoms with Crippen LogP contribution in [0.5, 0.6) is 5.75 Å². The second-order valence-corrected chi connectivity index (χ2v) is 8.40. The van der Waals surface area contributed by atoms with Crippen molar-refractivity contribution in [3.8, 4) is 5.75 Å². The quantitative estimate of drug-likeness (QED) is 0.635. The van der Waals surface area contributed by atoms with Gasteiger partial charge in [-0.1, -0.05) is 45.8 Å². The van der Waals surface area contributed by atoms with Gasteiger partial charge in [0.1, 0.15) is 11.8 Å². The lowest BCUT2D eigenvalue weighted by molar-refractivity contribution is -0.142. The molecule has 1 atom stereocenters.